The number of rotatable bonds is 7. The van der Waals surface area contributed by atoms with Gasteiger partial charge in [0.15, 0.2) is 0 Å². The first-order valence-corrected chi connectivity index (χ1v) is 9.56. The van der Waals surface area contributed by atoms with Crippen LogP contribution in [0.25, 0.3) is 10.8 Å². The molecule has 30 heavy (non-hydrogen) atoms. The van der Waals surface area contributed by atoms with Crippen molar-refractivity contribution in [1.82, 2.24) is 10.6 Å². The summed E-state index contributed by atoms with van der Waals surface area (Å²) in [5, 5.41) is 19.1. The molecular formula is C23H23N3O4. The Morgan fingerprint density at radius 3 is 2.27 bits per heavy atom. The molecule has 0 aliphatic rings. The predicted octanol–water partition coefficient (Wildman–Crippen LogP) is 3.16. The SMILES string of the molecule is C[C@@H](NC(=O)Nc1cccc2ccccc12)C(=O)N[C@H](Cc1ccccc1)C(=O)O. The normalized spacial score (nSPS) is 12.6. The van der Waals surface area contributed by atoms with Gasteiger partial charge in [0, 0.05) is 11.8 Å². The average molecular weight is 405 g/mol. The minimum atomic E-state index is -1.14. The third kappa shape index (κ3) is 5.35. The monoisotopic (exact) mass is 405 g/mol. The topological polar surface area (TPSA) is 108 Å². The summed E-state index contributed by atoms with van der Waals surface area (Å²) in [4.78, 5) is 36.3. The van der Waals surface area contributed by atoms with Crippen LogP contribution in [0, 0.1) is 0 Å². The molecule has 4 N–H and O–H groups in total. The predicted molar refractivity (Wildman–Crippen MR) is 115 cm³/mol. The number of amides is 3. The number of nitrogens with one attached hydrogen (secondary N) is 3. The van der Waals surface area contributed by atoms with Crippen molar-refractivity contribution in [2.75, 3.05) is 5.32 Å². The molecule has 0 aliphatic heterocycles. The van der Waals surface area contributed by atoms with E-state index in [0.717, 1.165) is 16.3 Å². The second-order valence-electron chi connectivity index (χ2n) is 6.94. The number of hydrogen-bond donors (Lipinski definition) is 4. The van der Waals surface area contributed by atoms with Crippen molar-refractivity contribution >= 4 is 34.4 Å². The van der Waals surface area contributed by atoms with Gasteiger partial charge in [-0.1, -0.05) is 66.7 Å². The first-order chi connectivity index (χ1) is 14.4. The molecule has 3 aromatic carbocycles. The summed E-state index contributed by atoms with van der Waals surface area (Å²) in [7, 11) is 0. The zero-order valence-electron chi connectivity index (χ0n) is 16.5. The van der Waals surface area contributed by atoms with Crippen LogP contribution in [-0.2, 0) is 16.0 Å². The molecule has 3 rings (SSSR count). The van der Waals surface area contributed by atoms with Crippen LogP contribution in [0.15, 0.2) is 72.8 Å². The Kier molecular flexibility index (Phi) is 6.64. The van der Waals surface area contributed by atoms with E-state index in [0.29, 0.717) is 5.69 Å². The molecule has 3 amide bonds. The van der Waals surface area contributed by atoms with Crippen LogP contribution in [-0.4, -0.2) is 35.1 Å². The zero-order chi connectivity index (χ0) is 21.5. The van der Waals surface area contributed by atoms with Crippen LogP contribution in [0.3, 0.4) is 0 Å². The molecule has 0 unspecified atom stereocenters. The molecule has 0 saturated carbocycles. The number of urea groups is 1. The van der Waals surface area contributed by atoms with Crippen molar-refractivity contribution in [3.05, 3.63) is 78.4 Å². The van der Waals surface area contributed by atoms with Crippen LogP contribution in [0.4, 0.5) is 10.5 Å². The van der Waals surface area contributed by atoms with Gasteiger partial charge < -0.3 is 21.1 Å². The highest BCUT2D eigenvalue weighted by Gasteiger charge is 2.24. The smallest absolute Gasteiger partial charge is 0.326 e. The highest BCUT2D eigenvalue weighted by atomic mass is 16.4. The minimum absolute atomic E-state index is 0.150. The Bertz CT molecular complexity index is 1050. The van der Waals surface area contributed by atoms with Gasteiger partial charge in [0.1, 0.15) is 12.1 Å². The summed E-state index contributed by atoms with van der Waals surface area (Å²) in [6.07, 6.45) is 0.150. The van der Waals surface area contributed by atoms with Gasteiger partial charge >= 0.3 is 12.0 Å². The van der Waals surface area contributed by atoms with E-state index in [1.54, 1.807) is 30.3 Å². The number of carboxylic acid groups (broad SMARTS) is 1. The van der Waals surface area contributed by atoms with Crippen molar-refractivity contribution in [2.24, 2.45) is 0 Å². The first-order valence-electron chi connectivity index (χ1n) is 9.56. The van der Waals surface area contributed by atoms with E-state index in [4.69, 9.17) is 0 Å². The quantitative estimate of drug-likeness (QED) is 0.484. The summed E-state index contributed by atoms with van der Waals surface area (Å²) < 4.78 is 0. The Hall–Kier alpha value is -3.87. The Balaban J connectivity index is 1.60. The van der Waals surface area contributed by atoms with Gasteiger partial charge in [-0.25, -0.2) is 9.59 Å². The third-order valence-electron chi connectivity index (χ3n) is 4.68. The molecule has 0 saturated heterocycles. The highest BCUT2D eigenvalue weighted by molar-refractivity contribution is 6.02. The molecule has 0 aliphatic carbocycles. The molecule has 0 heterocycles. The van der Waals surface area contributed by atoms with Gasteiger partial charge in [-0.15, -0.1) is 0 Å². The van der Waals surface area contributed by atoms with E-state index in [-0.39, 0.29) is 6.42 Å². The summed E-state index contributed by atoms with van der Waals surface area (Å²) >= 11 is 0. The number of benzene rings is 3. The fourth-order valence-electron chi connectivity index (χ4n) is 3.10. The molecule has 2 atom stereocenters. The highest BCUT2D eigenvalue weighted by Crippen LogP contribution is 2.22. The van der Waals surface area contributed by atoms with Crippen molar-refractivity contribution in [1.29, 1.82) is 0 Å². The van der Waals surface area contributed by atoms with Crippen molar-refractivity contribution in [3.8, 4) is 0 Å². The number of carbonyl (C=O) groups excluding carboxylic acids is 2. The van der Waals surface area contributed by atoms with Gasteiger partial charge in [-0.3, -0.25) is 4.79 Å². The maximum Gasteiger partial charge on any atom is 0.326 e. The van der Waals surface area contributed by atoms with E-state index in [1.165, 1.54) is 6.92 Å². The Morgan fingerprint density at radius 1 is 0.867 bits per heavy atom. The van der Waals surface area contributed by atoms with E-state index < -0.39 is 30.0 Å². The fraction of sp³-hybridized carbons (Fsp3) is 0.174. The number of carbonyl (C=O) groups is 3. The van der Waals surface area contributed by atoms with Gasteiger partial charge in [0.05, 0.1) is 5.69 Å². The fourth-order valence-corrected chi connectivity index (χ4v) is 3.10. The first kappa shape index (κ1) is 20.9. The lowest BCUT2D eigenvalue weighted by Gasteiger charge is -2.19. The summed E-state index contributed by atoms with van der Waals surface area (Å²) in [5.74, 6) is -1.72. The number of hydrogen-bond acceptors (Lipinski definition) is 3. The van der Waals surface area contributed by atoms with Crippen LogP contribution >= 0.6 is 0 Å². The third-order valence-corrected chi connectivity index (χ3v) is 4.68. The molecule has 3 aromatic rings. The van der Waals surface area contributed by atoms with Crippen LogP contribution in [0.5, 0.6) is 0 Å². The summed E-state index contributed by atoms with van der Waals surface area (Å²) in [5.41, 5.74) is 1.41. The summed E-state index contributed by atoms with van der Waals surface area (Å²) in [6.45, 7) is 1.50. The number of carboxylic acids is 1. The largest absolute Gasteiger partial charge is 0.480 e. The van der Waals surface area contributed by atoms with Crippen LogP contribution < -0.4 is 16.0 Å². The average Bonchev–Trinajstić information content (AvgIpc) is 2.74. The lowest BCUT2D eigenvalue weighted by molar-refractivity contribution is -0.142. The van der Waals surface area contributed by atoms with Crippen molar-refractivity contribution in [2.45, 2.75) is 25.4 Å². The van der Waals surface area contributed by atoms with Crippen LogP contribution in [0.1, 0.15) is 12.5 Å². The standard InChI is InChI=1S/C23H23N3O4/c1-15(21(27)25-20(22(28)29)14-16-8-3-2-4-9-16)24-23(30)26-19-13-7-11-17-10-5-6-12-18(17)19/h2-13,15,20H,14H2,1H3,(H,25,27)(H,28,29)(H2,24,26,30)/t15-,20-/m1/s1. The van der Waals surface area contributed by atoms with Gasteiger partial charge in [-0.2, -0.15) is 0 Å². The molecule has 7 nitrogen and oxygen atoms in total. The Morgan fingerprint density at radius 2 is 1.53 bits per heavy atom. The molecule has 0 fully saturated rings. The van der Waals surface area contributed by atoms with Gasteiger partial charge in [0.25, 0.3) is 0 Å². The minimum Gasteiger partial charge on any atom is -0.480 e. The lowest BCUT2D eigenvalue weighted by atomic mass is 10.1. The summed E-state index contributed by atoms with van der Waals surface area (Å²) in [6, 6.07) is 19.6. The lowest BCUT2D eigenvalue weighted by Crippen LogP contribution is -2.51. The zero-order valence-corrected chi connectivity index (χ0v) is 16.5. The molecule has 154 valence electrons. The second kappa shape index (κ2) is 9.56. The Labute approximate surface area is 174 Å². The maximum atomic E-state index is 12.4. The number of anilines is 1. The molecule has 0 spiro atoms. The molecular weight excluding hydrogens is 382 g/mol. The van der Waals surface area contributed by atoms with E-state index in [1.807, 2.05) is 42.5 Å². The molecule has 0 aromatic heterocycles. The molecule has 0 radical (unpaired) electrons. The number of fused-ring (bicyclic) bond motifs is 1. The van der Waals surface area contributed by atoms with Crippen molar-refractivity contribution < 1.29 is 19.5 Å². The molecule has 7 heteroatoms. The van der Waals surface area contributed by atoms with E-state index in [9.17, 15) is 19.5 Å². The van der Waals surface area contributed by atoms with Crippen LogP contribution in [0.2, 0.25) is 0 Å². The maximum absolute atomic E-state index is 12.4. The van der Waals surface area contributed by atoms with Gasteiger partial charge in [0.2, 0.25) is 5.91 Å². The van der Waals surface area contributed by atoms with E-state index in [2.05, 4.69) is 16.0 Å². The van der Waals surface area contributed by atoms with Crippen molar-refractivity contribution in [3.63, 3.8) is 0 Å². The number of aliphatic carboxylic acids is 1. The molecule has 0 bridgehead atoms. The van der Waals surface area contributed by atoms with Gasteiger partial charge in [-0.05, 0) is 23.9 Å². The van der Waals surface area contributed by atoms with E-state index >= 15 is 0 Å². The second-order valence-corrected chi connectivity index (χ2v) is 6.94.